The minimum atomic E-state index is -0.378. The van der Waals surface area contributed by atoms with Crippen LogP contribution in [0.3, 0.4) is 0 Å². The molecule has 0 amide bonds. The quantitative estimate of drug-likeness (QED) is 0.570. The van der Waals surface area contributed by atoms with Crippen LogP contribution < -0.4 is 0 Å². The van der Waals surface area contributed by atoms with Gasteiger partial charge in [-0.1, -0.05) is 12.2 Å². The molecular formula is C15H16O4. The number of allylic oxidation sites excluding steroid dienone is 2. The van der Waals surface area contributed by atoms with E-state index in [2.05, 4.69) is 6.58 Å². The van der Waals surface area contributed by atoms with E-state index in [1.165, 1.54) is 6.08 Å². The van der Waals surface area contributed by atoms with Crippen molar-refractivity contribution >= 4 is 11.8 Å². The standard InChI is InChI=1S/C15H16O4/c1-7-3-4-10-8(2)15(18)19-14(10)13-9(6-16)5-11(17)12(7)13/h5,10,13-14,16H,2-4,6H2,1H3/t10-,13+,14-/m1/s1. The summed E-state index contributed by atoms with van der Waals surface area (Å²) in [7, 11) is 0. The molecule has 19 heavy (non-hydrogen) atoms. The number of esters is 1. The lowest BCUT2D eigenvalue weighted by atomic mass is 9.83. The van der Waals surface area contributed by atoms with Gasteiger partial charge >= 0.3 is 5.97 Å². The predicted molar refractivity (Wildman–Crippen MR) is 68.1 cm³/mol. The molecule has 1 aliphatic heterocycles. The first-order valence-electron chi connectivity index (χ1n) is 6.49. The topological polar surface area (TPSA) is 63.6 Å². The molecule has 4 heteroatoms. The Kier molecular flexibility index (Phi) is 2.71. The molecule has 0 unspecified atom stereocenters. The van der Waals surface area contributed by atoms with Gasteiger partial charge in [0, 0.05) is 23.0 Å². The Morgan fingerprint density at radius 3 is 2.89 bits per heavy atom. The molecule has 0 aromatic carbocycles. The van der Waals surface area contributed by atoms with Gasteiger partial charge in [0.25, 0.3) is 0 Å². The maximum atomic E-state index is 12.1. The van der Waals surface area contributed by atoms with Crippen LogP contribution in [0.15, 0.2) is 34.9 Å². The molecule has 0 bridgehead atoms. The highest BCUT2D eigenvalue weighted by molar-refractivity contribution is 6.09. The van der Waals surface area contributed by atoms with Crippen LogP contribution in [0.4, 0.5) is 0 Å². The van der Waals surface area contributed by atoms with Crippen LogP contribution in [-0.4, -0.2) is 29.6 Å². The van der Waals surface area contributed by atoms with E-state index in [9.17, 15) is 14.7 Å². The Balaban J connectivity index is 2.09. The molecule has 0 saturated carbocycles. The lowest BCUT2D eigenvalue weighted by Gasteiger charge is -2.24. The highest BCUT2D eigenvalue weighted by Gasteiger charge is 2.49. The first-order chi connectivity index (χ1) is 9.04. The Morgan fingerprint density at radius 1 is 1.47 bits per heavy atom. The van der Waals surface area contributed by atoms with E-state index >= 15 is 0 Å². The summed E-state index contributed by atoms with van der Waals surface area (Å²) in [6.45, 7) is 5.57. The van der Waals surface area contributed by atoms with E-state index in [1.807, 2.05) is 6.92 Å². The normalized spacial score (nSPS) is 33.9. The van der Waals surface area contributed by atoms with Crippen molar-refractivity contribution in [2.75, 3.05) is 6.61 Å². The van der Waals surface area contributed by atoms with Gasteiger partial charge in [0.1, 0.15) is 6.10 Å². The van der Waals surface area contributed by atoms with Crippen LogP contribution in [0, 0.1) is 11.8 Å². The van der Waals surface area contributed by atoms with Crippen LogP contribution in [0.5, 0.6) is 0 Å². The molecule has 100 valence electrons. The Bertz CT molecular complexity index is 552. The number of rotatable bonds is 1. The molecule has 0 aromatic rings. The smallest absolute Gasteiger partial charge is 0.334 e. The predicted octanol–water partition coefficient (Wildman–Crippen LogP) is 1.31. The second kappa shape index (κ2) is 4.17. The van der Waals surface area contributed by atoms with Crippen LogP contribution in [0.25, 0.3) is 0 Å². The molecule has 3 aliphatic rings. The van der Waals surface area contributed by atoms with Gasteiger partial charge in [-0.2, -0.15) is 0 Å². The van der Waals surface area contributed by atoms with E-state index in [0.717, 1.165) is 18.4 Å². The number of hydrogen-bond donors (Lipinski definition) is 1. The van der Waals surface area contributed by atoms with Crippen molar-refractivity contribution in [1.29, 1.82) is 0 Å². The van der Waals surface area contributed by atoms with E-state index in [-0.39, 0.29) is 36.3 Å². The van der Waals surface area contributed by atoms with Crippen molar-refractivity contribution in [2.45, 2.75) is 25.9 Å². The zero-order valence-corrected chi connectivity index (χ0v) is 10.8. The summed E-state index contributed by atoms with van der Waals surface area (Å²) in [6, 6.07) is 0. The number of aliphatic hydroxyl groups is 1. The monoisotopic (exact) mass is 260 g/mol. The van der Waals surface area contributed by atoms with Gasteiger partial charge in [0.2, 0.25) is 0 Å². The van der Waals surface area contributed by atoms with Gasteiger partial charge in [-0.15, -0.1) is 0 Å². The summed E-state index contributed by atoms with van der Waals surface area (Å²) in [5.74, 6) is -0.759. The van der Waals surface area contributed by atoms with Crippen LogP contribution in [0.2, 0.25) is 0 Å². The third-order valence-corrected chi connectivity index (χ3v) is 4.44. The van der Waals surface area contributed by atoms with E-state index in [0.29, 0.717) is 16.7 Å². The molecule has 1 heterocycles. The Labute approximate surface area is 111 Å². The number of hydrogen-bond acceptors (Lipinski definition) is 4. The van der Waals surface area contributed by atoms with Crippen LogP contribution in [-0.2, 0) is 14.3 Å². The van der Waals surface area contributed by atoms with Crippen molar-refractivity contribution < 1.29 is 19.4 Å². The number of carbonyl (C=O) groups excluding carboxylic acids is 2. The molecule has 3 rings (SSSR count). The largest absolute Gasteiger partial charge is 0.457 e. The van der Waals surface area contributed by atoms with Gasteiger partial charge < -0.3 is 9.84 Å². The molecular weight excluding hydrogens is 244 g/mol. The molecule has 1 fully saturated rings. The average Bonchev–Trinajstić information content (AvgIpc) is 2.80. The van der Waals surface area contributed by atoms with Crippen molar-refractivity contribution in [2.24, 2.45) is 11.8 Å². The summed E-state index contributed by atoms with van der Waals surface area (Å²) < 4.78 is 5.42. The zero-order valence-electron chi connectivity index (χ0n) is 10.8. The van der Waals surface area contributed by atoms with E-state index in [4.69, 9.17) is 4.74 Å². The SMILES string of the molecule is C=C1C(=O)O[C@H]2[C@H]3C(CO)=CC(=O)C3=C(C)CC[C@H]12. The van der Waals surface area contributed by atoms with Gasteiger partial charge in [0.15, 0.2) is 5.78 Å². The average molecular weight is 260 g/mol. The van der Waals surface area contributed by atoms with Crippen LogP contribution in [0.1, 0.15) is 19.8 Å². The number of carbonyl (C=O) groups is 2. The fourth-order valence-corrected chi connectivity index (χ4v) is 3.45. The highest BCUT2D eigenvalue weighted by Crippen LogP contribution is 2.47. The van der Waals surface area contributed by atoms with Gasteiger partial charge in [0.05, 0.1) is 6.61 Å². The third kappa shape index (κ3) is 1.63. The lowest BCUT2D eigenvalue weighted by molar-refractivity contribution is -0.140. The molecule has 1 saturated heterocycles. The molecule has 2 aliphatic carbocycles. The number of fused-ring (bicyclic) bond motifs is 3. The molecule has 0 spiro atoms. The molecule has 4 nitrogen and oxygen atoms in total. The second-order valence-electron chi connectivity index (χ2n) is 5.45. The number of ketones is 1. The Morgan fingerprint density at radius 2 is 2.21 bits per heavy atom. The first kappa shape index (κ1) is 12.4. The van der Waals surface area contributed by atoms with Gasteiger partial charge in [-0.3, -0.25) is 4.79 Å². The molecule has 3 atom stereocenters. The highest BCUT2D eigenvalue weighted by atomic mass is 16.6. The number of aliphatic hydroxyl groups excluding tert-OH is 1. The van der Waals surface area contributed by atoms with Crippen molar-refractivity contribution in [3.05, 3.63) is 34.9 Å². The summed E-state index contributed by atoms with van der Waals surface area (Å²) >= 11 is 0. The minimum Gasteiger partial charge on any atom is -0.457 e. The fraction of sp³-hybridized carbons (Fsp3) is 0.467. The molecule has 0 aromatic heterocycles. The summed E-state index contributed by atoms with van der Waals surface area (Å²) in [4.78, 5) is 23.8. The lowest BCUT2D eigenvalue weighted by Crippen LogP contribution is -2.28. The molecule has 1 N–H and O–H groups in total. The third-order valence-electron chi connectivity index (χ3n) is 4.44. The zero-order chi connectivity index (χ0) is 13.7. The van der Waals surface area contributed by atoms with Gasteiger partial charge in [-0.25, -0.2) is 4.79 Å². The number of ether oxygens (including phenoxy) is 1. The maximum Gasteiger partial charge on any atom is 0.334 e. The fourth-order valence-electron chi connectivity index (χ4n) is 3.45. The van der Waals surface area contributed by atoms with E-state index < -0.39 is 0 Å². The summed E-state index contributed by atoms with van der Waals surface area (Å²) in [6.07, 6.45) is 2.65. The van der Waals surface area contributed by atoms with Gasteiger partial charge in [-0.05, 0) is 31.4 Å². The summed E-state index contributed by atoms with van der Waals surface area (Å²) in [5.41, 5.74) is 2.89. The maximum absolute atomic E-state index is 12.1. The summed E-state index contributed by atoms with van der Waals surface area (Å²) in [5, 5.41) is 9.45. The Hall–Kier alpha value is -1.68. The van der Waals surface area contributed by atoms with Crippen molar-refractivity contribution in [3.8, 4) is 0 Å². The first-order valence-corrected chi connectivity index (χ1v) is 6.49. The second-order valence-corrected chi connectivity index (χ2v) is 5.45. The molecule has 0 radical (unpaired) electrons. The van der Waals surface area contributed by atoms with Crippen molar-refractivity contribution in [3.63, 3.8) is 0 Å². The van der Waals surface area contributed by atoms with E-state index in [1.54, 1.807) is 0 Å². The van der Waals surface area contributed by atoms with Crippen LogP contribution >= 0.6 is 0 Å². The minimum absolute atomic E-state index is 0.0502. The van der Waals surface area contributed by atoms with Crippen molar-refractivity contribution in [1.82, 2.24) is 0 Å².